The van der Waals surface area contributed by atoms with Crippen LogP contribution in [0, 0.1) is 13.8 Å². The minimum atomic E-state index is -0.0432. The summed E-state index contributed by atoms with van der Waals surface area (Å²) in [6.45, 7) is 10.6. The van der Waals surface area contributed by atoms with E-state index >= 15 is 0 Å². The second-order valence-electron chi connectivity index (χ2n) is 7.10. The second kappa shape index (κ2) is 10.4. The van der Waals surface area contributed by atoms with Crippen molar-refractivity contribution in [1.29, 1.82) is 0 Å². The van der Waals surface area contributed by atoms with Gasteiger partial charge in [-0.1, -0.05) is 31.7 Å². The van der Waals surface area contributed by atoms with Gasteiger partial charge in [0, 0.05) is 12.2 Å². The number of carbonyl (C=O) groups excluding carboxylic acids is 1. The maximum absolute atomic E-state index is 12.5. The average Bonchev–Trinajstić information content (AvgIpc) is 3.43. The highest BCUT2D eigenvalue weighted by Gasteiger charge is 2.21. The van der Waals surface area contributed by atoms with Crippen molar-refractivity contribution in [2.75, 3.05) is 25.4 Å². The third-order valence-electron chi connectivity index (χ3n) is 5.23. The lowest BCUT2D eigenvalue weighted by atomic mass is 10.1. The molecule has 1 N–H and O–H groups in total. The molecule has 7 nitrogen and oxygen atoms in total. The number of benzene rings is 1. The van der Waals surface area contributed by atoms with Crippen LogP contribution in [0.1, 0.15) is 36.8 Å². The van der Waals surface area contributed by atoms with E-state index in [9.17, 15) is 4.79 Å². The topological polar surface area (TPSA) is 76.2 Å². The zero-order chi connectivity index (χ0) is 21.5. The molecule has 1 unspecified atom stereocenters. The molecule has 0 fully saturated rings. The Balaban J connectivity index is 1.60. The highest BCUT2D eigenvalue weighted by atomic mass is 32.2. The van der Waals surface area contributed by atoms with Crippen LogP contribution < -0.4 is 5.32 Å². The average molecular weight is 428 g/mol. The molecule has 1 aromatic carbocycles. The van der Waals surface area contributed by atoms with E-state index in [4.69, 9.17) is 4.42 Å². The van der Waals surface area contributed by atoms with E-state index in [0.717, 1.165) is 24.5 Å². The number of amides is 1. The molecule has 3 aromatic rings. The SMILES string of the molecule is CCN(CC)C(CNC(=O)CSc1nncn1-c1ccc(C)c(C)c1)c1ccco1. The molecule has 0 bridgehead atoms. The summed E-state index contributed by atoms with van der Waals surface area (Å²) in [4.78, 5) is 14.8. The molecule has 0 saturated carbocycles. The fourth-order valence-electron chi connectivity index (χ4n) is 3.32. The molecule has 0 aliphatic heterocycles. The van der Waals surface area contributed by atoms with Gasteiger partial charge in [0.25, 0.3) is 0 Å². The predicted molar refractivity (Wildman–Crippen MR) is 119 cm³/mol. The third-order valence-corrected chi connectivity index (χ3v) is 6.18. The normalized spacial score (nSPS) is 12.3. The molecule has 1 atom stereocenters. The van der Waals surface area contributed by atoms with Crippen LogP contribution >= 0.6 is 11.8 Å². The number of thioether (sulfide) groups is 1. The van der Waals surface area contributed by atoms with E-state index in [-0.39, 0.29) is 17.7 Å². The Labute approximate surface area is 181 Å². The van der Waals surface area contributed by atoms with Gasteiger partial charge in [0.1, 0.15) is 12.1 Å². The summed E-state index contributed by atoms with van der Waals surface area (Å²) in [6.07, 6.45) is 3.35. The minimum absolute atomic E-state index is 0.0168. The first-order valence-electron chi connectivity index (χ1n) is 10.2. The highest BCUT2D eigenvalue weighted by Crippen LogP contribution is 2.22. The summed E-state index contributed by atoms with van der Waals surface area (Å²) < 4.78 is 7.50. The van der Waals surface area contributed by atoms with E-state index in [1.807, 2.05) is 22.8 Å². The first kappa shape index (κ1) is 22.1. The van der Waals surface area contributed by atoms with Gasteiger partial charge < -0.3 is 9.73 Å². The molecule has 0 radical (unpaired) electrons. The summed E-state index contributed by atoms with van der Waals surface area (Å²) in [6, 6.07) is 10.1. The lowest BCUT2D eigenvalue weighted by molar-refractivity contribution is -0.118. The number of likely N-dealkylation sites (N-methyl/N-ethyl adjacent to an activating group) is 1. The van der Waals surface area contributed by atoms with Crippen LogP contribution in [0.5, 0.6) is 0 Å². The van der Waals surface area contributed by atoms with Crippen molar-refractivity contribution in [2.24, 2.45) is 0 Å². The molecular formula is C22H29N5O2S. The zero-order valence-corrected chi connectivity index (χ0v) is 18.8. The van der Waals surface area contributed by atoms with Crippen LogP contribution in [0.25, 0.3) is 5.69 Å². The quantitative estimate of drug-likeness (QED) is 0.497. The number of aryl methyl sites for hydroxylation is 2. The first-order chi connectivity index (χ1) is 14.5. The van der Waals surface area contributed by atoms with E-state index in [1.165, 1.54) is 22.9 Å². The van der Waals surface area contributed by atoms with Crippen molar-refractivity contribution in [2.45, 2.75) is 38.9 Å². The smallest absolute Gasteiger partial charge is 0.230 e. The van der Waals surface area contributed by atoms with Gasteiger partial charge in [0.2, 0.25) is 5.91 Å². The Morgan fingerprint density at radius 3 is 2.70 bits per heavy atom. The second-order valence-corrected chi connectivity index (χ2v) is 8.04. The van der Waals surface area contributed by atoms with E-state index in [2.05, 4.69) is 60.2 Å². The Morgan fingerprint density at radius 1 is 1.23 bits per heavy atom. The van der Waals surface area contributed by atoms with Crippen LogP contribution in [0.2, 0.25) is 0 Å². The van der Waals surface area contributed by atoms with Crippen molar-refractivity contribution in [3.8, 4) is 5.69 Å². The predicted octanol–water partition coefficient (Wildman–Crippen LogP) is 3.77. The van der Waals surface area contributed by atoms with Gasteiger partial charge >= 0.3 is 0 Å². The maximum Gasteiger partial charge on any atom is 0.230 e. The minimum Gasteiger partial charge on any atom is -0.468 e. The first-order valence-corrected chi connectivity index (χ1v) is 11.2. The molecule has 160 valence electrons. The van der Waals surface area contributed by atoms with Gasteiger partial charge in [-0.05, 0) is 62.3 Å². The van der Waals surface area contributed by atoms with Gasteiger partial charge in [-0.2, -0.15) is 0 Å². The lowest BCUT2D eigenvalue weighted by Gasteiger charge is -2.28. The molecule has 0 aliphatic rings. The van der Waals surface area contributed by atoms with Gasteiger partial charge in [0.05, 0.1) is 18.1 Å². The molecule has 30 heavy (non-hydrogen) atoms. The largest absolute Gasteiger partial charge is 0.468 e. The van der Waals surface area contributed by atoms with Crippen molar-refractivity contribution in [3.63, 3.8) is 0 Å². The molecular weight excluding hydrogens is 398 g/mol. The molecule has 0 spiro atoms. The molecule has 3 rings (SSSR count). The fourth-order valence-corrected chi connectivity index (χ4v) is 4.08. The monoisotopic (exact) mass is 427 g/mol. The van der Waals surface area contributed by atoms with Gasteiger partial charge in [0.15, 0.2) is 5.16 Å². The number of nitrogens with one attached hydrogen (secondary N) is 1. The molecule has 0 aliphatic carbocycles. The van der Waals surface area contributed by atoms with E-state index < -0.39 is 0 Å². The number of rotatable bonds is 10. The third kappa shape index (κ3) is 5.31. The number of nitrogens with zero attached hydrogens (tertiary/aromatic N) is 4. The van der Waals surface area contributed by atoms with Crippen LogP contribution in [-0.2, 0) is 4.79 Å². The van der Waals surface area contributed by atoms with E-state index in [1.54, 1.807) is 12.6 Å². The van der Waals surface area contributed by atoms with Crippen molar-refractivity contribution in [1.82, 2.24) is 25.0 Å². The van der Waals surface area contributed by atoms with E-state index in [0.29, 0.717) is 11.7 Å². The van der Waals surface area contributed by atoms with Gasteiger partial charge in [-0.25, -0.2) is 0 Å². The Hall–Kier alpha value is -2.58. The molecule has 8 heteroatoms. The van der Waals surface area contributed by atoms with Crippen LogP contribution in [0.4, 0.5) is 0 Å². The number of hydrogen-bond acceptors (Lipinski definition) is 6. The highest BCUT2D eigenvalue weighted by molar-refractivity contribution is 7.99. The number of carbonyl (C=O) groups is 1. The van der Waals surface area contributed by atoms with Crippen molar-refractivity contribution in [3.05, 3.63) is 59.8 Å². The summed E-state index contributed by atoms with van der Waals surface area (Å²) >= 11 is 1.38. The zero-order valence-electron chi connectivity index (χ0n) is 18.0. The molecule has 0 saturated heterocycles. The number of aromatic nitrogens is 3. The number of hydrogen-bond donors (Lipinski definition) is 1. The van der Waals surface area contributed by atoms with Crippen molar-refractivity contribution >= 4 is 17.7 Å². The van der Waals surface area contributed by atoms with Crippen LogP contribution in [-0.4, -0.2) is 51.0 Å². The Morgan fingerprint density at radius 2 is 2.03 bits per heavy atom. The van der Waals surface area contributed by atoms with Crippen molar-refractivity contribution < 1.29 is 9.21 Å². The van der Waals surface area contributed by atoms with Crippen LogP contribution in [0.15, 0.2) is 52.5 Å². The summed E-state index contributed by atoms with van der Waals surface area (Å²) in [5.74, 6) is 1.09. The summed E-state index contributed by atoms with van der Waals surface area (Å²) in [7, 11) is 0. The molecule has 1 amide bonds. The van der Waals surface area contributed by atoms with Gasteiger partial charge in [-0.3, -0.25) is 14.3 Å². The maximum atomic E-state index is 12.5. The Bertz CT molecular complexity index is 950. The summed E-state index contributed by atoms with van der Waals surface area (Å²) in [5, 5.41) is 11.9. The van der Waals surface area contributed by atoms with Crippen LogP contribution in [0.3, 0.4) is 0 Å². The lowest BCUT2D eigenvalue weighted by Crippen LogP contribution is -2.38. The van der Waals surface area contributed by atoms with Gasteiger partial charge in [-0.15, -0.1) is 10.2 Å². The summed E-state index contributed by atoms with van der Waals surface area (Å²) in [5.41, 5.74) is 3.43. The fraction of sp³-hybridized carbons (Fsp3) is 0.409. The molecule has 2 heterocycles. The molecule has 2 aromatic heterocycles. The number of furan rings is 1. The standard InChI is InChI=1S/C22H29N5O2S/c1-5-26(6-2)19(20-8-7-11-29-20)13-23-21(28)14-30-22-25-24-15-27(22)18-10-9-16(3)17(4)12-18/h7-12,15,19H,5-6,13-14H2,1-4H3,(H,23,28). The Kier molecular flexibility index (Phi) is 7.70.